The minimum absolute atomic E-state index is 0.0322. The van der Waals surface area contributed by atoms with Crippen LogP contribution >= 0.6 is 0 Å². The van der Waals surface area contributed by atoms with Crippen molar-refractivity contribution in [2.75, 3.05) is 19.6 Å². The van der Waals surface area contributed by atoms with E-state index in [2.05, 4.69) is 20.4 Å². The Labute approximate surface area is 123 Å². The number of aryl methyl sites for hydroxylation is 1. The van der Waals surface area contributed by atoms with Crippen LogP contribution < -0.4 is 4.74 Å². The summed E-state index contributed by atoms with van der Waals surface area (Å²) in [7, 11) is 0. The van der Waals surface area contributed by atoms with E-state index in [1.165, 1.54) is 19.5 Å². The maximum absolute atomic E-state index is 6.33. The molecule has 2 saturated heterocycles. The van der Waals surface area contributed by atoms with Crippen LogP contribution in [0, 0.1) is 6.92 Å². The fourth-order valence-corrected chi connectivity index (χ4v) is 3.46. The number of hydrogen-bond acceptors (Lipinski definition) is 5. The van der Waals surface area contributed by atoms with Gasteiger partial charge in [-0.1, -0.05) is 0 Å². The molecule has 2 aromatic rings. The second-order valence-corrected chi connectivity index (χ2v) is 6.05. The SMILES string of the molecule is Cc1nnnn1-c1ccc(O[C@@]23CCCN(CC2)C3)cc1. The molecule has 21 heavy (non-hydrogen) atoms. The molecule has 0 saturated carbocycles. The van der Waals surface area contributed by atoms with Crippen LogP contribution in [0.2, 0.25) is 0 Å². The van der Waals surface area contributed by atoms with Gasteiger partial charge in [0.15, 0.2) is 5.82 Å². The molecule has 2 bridgehead atoms. The van der Waals surface area contributed by atoms with E-state index in [-0.39, 0.29) is 5.60 Å². The second kappa shape index (κ2) is 4.80. The molecular formula is C15H19N5O. The summed E-state index contributed by atoms with van der Waals surface area (Å²) in [6.07, 6.45) is 3.54. The van der Waals surface area contributed by atoms with Gasteiger partial charge in [-0.3, -0.25) is 4.90 Å². The smallest absolute Gasteiger partial charge is 0.153 e. The number of nitrogens with zero attached hydrogens (tertiary/aromatic N) is 5. The van der Waals surface area contributed by atoms with Crippen LogP contribution in [0.1, 0.15) is 25.1 Å². The highest BCUT2D eigenvalue weighted by molar-refractivity contribution is 5.37. The third kappa shape index (κ3) is 2.29. The maximum Gasteiger partial charge on any atom is 0.153 e. The van der Waals surface area contributed by atoms with E-state index in [9.17, 15) is 0 Å². The Hall–Kier alpha value is -1.95. The highest BCUT2D eigenvalue weighted by atomic mass is 16.5. The quantitative estimate of drug-likeness (QED) is 0.857. The molecule has 0 aliphatic carbocycles. The van der Waals surface area contributed by atoms with Gasteiger partial charge in [0.05, 0.1) is 5.69 Å². The predicted octanol–water partition coefficient (Wildman–Crippen LogP) is 1.59. The number of tetrazole rings is 1. The highest BCUT2D eigenvalue weighted by Gasteiger charge is 2.42. The number of rotatable bonds is 3. The Morgan fingerprint density at radius 3 is 2.76 bits per heavy atom. The van der Waals surface area contributed by atoms with Crippen LogP contribution in [0.3, 0.4) is 0 Å². The summed E-state index contributed by atoms with van der Waals surface area (Å²) in [5.74, 6) is 1.72. The highest BCUT2D eigenvalue weighted by Crippen LogP contribution is 2.35. The van der Waals surface area contributed by atoms with Gasteiger partial charge in [-0.15, -0.1) is 5.10 Å². The molecular weight excluding hydrogens is 266 g/mol. The predicted molar refractivity (Wildman–Crippen MR) is 77.5 cm³/mol. The van der Waals surface area contributed by atoms with E-state index in [1.54, 1.807) is 4.68 Å². The van der Waals surface area contributed by atoms with Crippen LogP contribution in [0.5, 0.6) is 5.75 Å². The van der Waals surface area contributed by atoms with Gasteiger partial charge in [0.25, 0.3) is 0 Å². The van der Waals surface area contributed by atoms with Crippen LogP contribution in [-0.4, -0.2) is 50.3 Å². The lowest BCUT2D eigenvalue weighted by molar-refractivity contribution is 0.0453. The molecule has 110 valence electrons. The summed E-state index contributed by atoms with van der Waals surface area (Å²) < 4.78 is 8.06. The number of aromatic nitrogens is 4. The standard InChI is InChI=1S/C15H19N5O/c1-12-16-17-18-20(12)13-3-5-14(6-4-13)21-15-7-2-9-19(11-15)10-8-15/h3-6H,2,7-11H2,1H3/t15-/m0/s1. The lowest BCUT2D eigenvalue weighted by atomic mass is 9.94. The molecule has 1 aromatic heterocycles. The van der Waals surface area contributed by atoms with E-state index >= 15 is 0 Å². The fourth-order valence-electron chi connectivity index (χ4n) is 3.46. The van der Waals surface area contributed by atoms with Crippen molar-refractivity contribution < 1.29 is 4.74 Å². The molecule has 0 N–H and O–H groups in total. The van der Waals surface area contributed by atoms with Gasteiger partial charge in [0.1, 0.15) is 11.4 Å². The van der Waals surface area contributed by atoms with Gasteiger partial charge in [0.2, 0.25) is 0 Å². The largest absolute Gasteiger partial charge is 0.486 e. The first-order valence-electron chi connectivity index (χ1n) is 7.51. The minimum atomic E-state index is 0.0322. The first-order chi connectivity index (χ1) is 10.2. The fraction of sp³-hybridized carbons (Fsp3) is 0.533. The molecule has 6 heteroatoms. The van der Waals surface area contributed by atoms with Crippen LogP contribution in [0.25, 0.3) is 5.69 Å². The van der Waals surface area contributed by atoms with Gasteiger partial charge in [-0.25, -0.2) is 0 Å². The number of benzene rings is 1. The molecule has 1 unspecified atom stereocenters. The Balaban J connectivity index is 1.53. The van der Waals surface area contributed by atoms with Crippen LogP contribution in [0.4, 0.5) is 0 Å². The second-order valence-electron chi connectivity index (χ2n) is 6.05. The van der Waals surface area contributed by atoms with Crippen LogP contribution in [0.15, 0.2) is 24.3 Å². The molecule has 6 nitrogen and oxygen atoms in total. The lowest BCUT2D eigenvalue weighted by Gasteiger charge is -2.34. The Morgan fingerprint density at radius 1 is 1.14 bits per heavy atom. The van der Waals surface area contributed by atoms with Gasteiger partial charge < -0.3 is 4.74 Å². The summed E-state index contributed by atoms with van der Waals surface area (Å²) in [6, 6.07) is 8.04. The van der Waals surface area contributed by atoms with Crippen molar-refractivity contribution in [1.82, 2.24) is 25.1 Å². The third-order valence-electron chi connectivity index (χ3n) is 4.54. The van der Waals surface area contributed by atoms with Crippen molar-refractivity contribution in [2.24, 2.45) is 0 Å². The summed E-state index contributed by atoms with van der Waals surface area (Å²) in [5, 5.41) is 11.5. The monoisotopic (exact) mass is 285 g/mol. The van der Waals surface area contributed by atoms with Gasteiger partial charge in [-0.05, 0) is 61.0 Å². The zero-order valence-electron chi connectivity index (χ0n) is 12.2. The average molecular weight is 285 g/mol. The Bertz CT molecular complexity index is 634. The zero-order chi connectivity index (χ0) is 14.3. The summed E-state index contributed by atoms with van der Waals surface area (Å²) >= 11 is 0. The summed E-state index contributed by atoms with van der Waals surface area (Å²) in [5.41, 5.74) is 0.990. The van der Waals surface area contributed by atoms with E-state index in [0.29, 0.717) is 0 Å². The van der Waals surface area contributed by atoms with Crippen molar-refractivity contribution >= 4 is 0 Å². The topological polar surface area (TPSA) is 56.1 Å². The molecule has 0 radical (unpaired) electrons. The Kier molecular flexibility index (Phi) is 2.92. The third-order valence-corrected chi connectivity index (χ3v) is 4.54. The molecule has 1 aromatic carbocycles. The normalized spacial score (nSPS) is 27.8. The van der Waals surface area contributed by atoms with Crippen LogP contribution in [-0.2, 0) is 0 Å². The number of fused-ring (bicyclic) bond motifs is 2. The summed E-state index contributed by atoms with van der Waals surface area (Å²) in [4.78, 5) is 2.50. The summed E-state index contributed by atoms with van der Waals surface area (Å²) in [6.45, 7) is 5.35. The molecule has 0 spiro atoms. The van der Waals surface area contributed by atoms with Crippen molar-refractivity contribution in [2.45, 2.75) is 31.8 Å². The molecule has 2 atom stereocenters. The van der Waals surface area contributed by atoms with Crippen molar-refractivity contribution in [3.8, 4) is 11.4 Å². The molecule has 2 aliphatic heterocycles. The molecule has 0 amide bonds. The van der Waals surface area contributed by atoms with Crippen molar-refractivity contribution in [3.05, 3.63) is 30.1 Å². The number of ether oxygens (including phenoxy) is 1. The molecule has 2 aliphatic rings. The lowest BCUT2D eigenvalue weighted by Crippen LogP contribution is -2.43. The molecule has 3 heterocycles. The zero-order valence-corrected chi connectivity index (χ0v) is 12.2. The van der Waals surface area contributed by atoms with Gasteiger partial charge >= 0.3 is 0 Å². The first-order valence-corrected chi connectivity index (χ1v) is 7.51. The van der Waals surface area contributed by atoms with E-state index in [1.807, 2.05) is 31.2 Å². The van der Waals surface area contributed by atoms with E-state index in [4.69, 9.17) is 4.74 Å². The van der Waals surface area contributed by atoms with Crippen molar-refractivity contribution in [1.29, 1.82) is 0 Å². The average Bonchev–Trinajstić information content (AvgIpc) is 3.04. The van der Waals surface area contributed by atoms with Gasteiger partial charge in [-0.2, -0.15) is 4.68 Å². The Morgan fingerprint density at radius 2 is 2.00 bits per heavy atom. The van der Waals surface area contributed by atoms with Crippen molar-refractivity contribution in [3.63, 3.8) is 0 Å². The molecule has 2 fully saturated rings. The van der Waals surface area contributed by atoms with E-state index < -0.39 is 0 Å². The van der Waals surface area contributed by atoms with Gasteiger partial charge in [0, 0.05) is 19.5 Å². The molecule has 4 rings (SSSR count). The maximum atomic E-state index is 6.33. The number of hydrogen-bond donors (Lipinski definition) is 0. The first kappa shape index (κ1) is 12.8. The number of piperidine rings is 1. The minimum Gasteiger partial charge on any atom is -0.486 e. The van der Waals surface area contributed by atoms with E-state index in [0.717, 1.165) is 36.6 Å².